The van der Waals surface area contributed by atoms with E-state index in [-0.39, 0.29) is 0 Å². The molecule has 3 rings (SSSR count). The molecule has 2 aromatic rings. The first kappa shape index (κ1) is 13.2. The van der Waals surface area contributed by atoms with E-state index in [1.807, 2.05) is 18.2 Å². The minimum atomic E-state index is 0.481. The number of nitrogens with two attached hydrogens (primary N) is 1. The smallest absolute Gasteiger partial charge is 0.163 e. The Labute approximate surface area is 123 Å². The SMILES string of the molecule is N#Cc1ncccc1N1CCN(c2ccncc2N)CC1. The standard InChI is InChI=1S/C15H16N6/c16-10-13-15(2-1-4-19-13)21-8-6-20(7-9-21)14-3-5-18-11-12(14)17/h1-5,11H,6-9,17H2. The van der Waals surface area contributed by atoms with Crippen LogP contribution < -0.4 is 15.5 Å². The summed E-state index contributed by atoms with van der Waals surface area (Å²) in [7, 11) is 0. The Kier molecular flexibility index (Phi) is 3.56. The van der Waals surface area contributed by atoms with Gasteiger partial charge in [0, 0.05) is 38.6 Å². The summed E-state index contributed by atoms with van der Waals surface area (Å²) in [6.45, 7) is 3.38. The van der Waals surface area contributed by atoms with Crippen molar-refractivity contribution in [2.24, 2.45) is 0 Å². The predicted octanol–water partition coefficient (Wildman–Crippen LogP) is 1.26. The number of anilines is 3. The Morgan fingerprint density at radius 2 is 1.76 bits per heavy atom. The second kappa shape index (κ2) is 5.67. The van der Waals surface area contributed by atoms with E-state index in [2.05, 4.69) is 25.8 Å². The first-order valence-electron chi connectivity index (χ1n) is 6.84. The third-order valence-electron chi connectivity index (χ3n) is 3.68. The first-order valence-corrected chi connectivity index (χ1v) is 6.84. The van der Waals surface area contributed by atoms with Crippen LogP contribution in [0.4, 0.5) is 17.1 Å². The Bertz CT molecular complexity index is 670. The molecule has 0 amide bonds. The van der Waals surface area contributed by atoms with Crippen molar-refractivity contribution in [3.05, 3.63) is 42.5 Å². The van der Waals surface area contributed by atoms with Gasteiger partial charge in [-0.25, -0.2) is 4.98 Å². The van der Waals surface area contributed by atoms with Gasteiger partial charge in [0.1, 0.15) is 6.07 Å². The third-order valence-corrected chi connectivity index (χ3v) is 3.68. The molecule has 0 radical (unpaired) electrons. The zero-order chi connectivity index (χ0) is 14.7. The maximum absolute atomic E-state index is 9.14. The van der Waals surface area contributed by atoms with Gasteiger partial charge in [-0.2, -0.15) is 5.26 Å². The van der Waals surface area contributed by atoms with Gasteiger partial charge in [0.25, 0.3) is 0 Å². The number of hydrogen-bond donors (Lipinski definition) is 1. The molecule has 0 unspecified atom stereocenters. The minimum Gasteiger partial charge on any atom is -0.396 e. The van der Waals surface area contributed by atoms with Crippen LogP contribution in [-0.4, -0.2) is 36.1 Å². The van der Waals surface area contributed by atoms with Crippen LogP contribution in [-0.2, 0) is 0 Å². The molecule has 2 N–H and O–H groups in total. The van der Waals surface area contributed by atoms with Crippen LogP contribution in [0.2, 0.25) is 0 Å². The molecule has 1 aliphatic heterocycles. The van der Waals surface area contributed by atoms with Gasteiger partial charge in [-0.1, -0.05) is 0 Å². The molecule has 1 aliphatic rings. The number of rotatable bonds is 2. The highest BCUT2D eigenvalue weighted by atomic mass is 15.3. The fourth-order valence-corrected chi connectivity index (χ4v) is 2.61. The van der Waals surface area contributed by atoms with E-state index >= 15 is 0 Å². The fraction of sp³-hybridized carbons (Fsp3) is 0.267. The topological polar surface area (TPSA) is 82.1 Å². The number of aromatic nitrogens is 2. The molecule has 3 heterocycles. The molecule has 0 atom stereocenters. The van der Waals surface area contributed by atoms with E-state index in [9.17, 15) is 0 Å². The van der Waals surface area contributed by atoms with Gasteiger partial charge in [0.15, 0.2) is 5.69 Å². The average Bonchev–Trinajstić information content (AvgIpc) is 2.55. The lowest BCUT2D eigenvalue weighted by atomic mass is 10.2. The molecule has 6 heteroatoms. The van der Waals surface area contributed by atoms with Gasteiger partial charge in [0.2, 0.25) is 0 Å². The van der Waals surface area contributed by atoms with Gasteiger partial charge in [-0.3, -0.25) is 4.98 Å². The number of nitriles is 1. The van der Waals surface area contributed by atoms with Crippen LogP contribution in [0.1, 0.15) is 5.69 Å². The monoisotopic (exact) mass is 280 g/mol. The Morgan fingerprint density at radius 1 is 1.05 bits per heavy atom. The van der Waals surface area contributed by atoms with Crippen molar-refractivity contribution in [1.82, 2.24) is 9.97 Å². The van der Waals surface area contributed by atoms with Gasteiger partial charge >= 0.3 is 0 Å². The summed E-state index contributed by atoms with van der Waals surface area (Å²) in [6, 6.07) is 7.90. The van der Waals surface area contributed by atoms with Crippen molar-refractivity contribution >= 4 is 17.1 Å². The molecule has 0 aromatic carbocycles. The van der Waals surface area contributed by atoms with Crippen LogP contribution in [0.15, 0.2) is 36.8 Å². The van der Waals surface area contributed by atoms with Crippen LogP contribution in [0.25, 0.3) is 0 Å². The summed E-state index contributed by atoms with van der Waals surface area (Å²) in [4.78, 5) is 12.6. The van der Waals surface area contributed by atoms with Crippen molar-refractivity contribution in [3.63, 3.8) is 0 Å². The number of piperazine rings is 1. The molecule has 1 fully saturated rings. The predicted molar refractivity (Wildman–Crippen MR) is 82.0 cm³/mol. The van der Waals surface area contributed by atoms with Crippen molar-refractivity contribution in [2.45, 2.75) is 0 Å². The molecule has 0 saturated carbocycles. The van der Waals surface area contributed by atoms with E-state index in [1.54, 1.807) is 18.6 Å². The minimum absolute atomic E-state index is 0.481. The van der Waals surface area contributed by atoms with Crippen molar-refractivity contribution in [2.75, 3.05) is 41.7 Å². The maximum atomic E-state index is 9.14. The van der Waals surface area contributed by atoms with E-state index in [4.69, 9.17) is 11.0 Å². The van der Waals surface area contributed by atoms with Crippen LogP contribution >= 0.6 is 0 Å². The van der Waals surface area contributed by atoms with Gasteiger partial charge in [0.05, 0.1) is 23.3 Å². The number of pyridine rings is 2. The summed E-state index contributed by atoms with van der Waals surface area (Å²) >= 11 is 0. The molecule has 21 heavy (non-hydrogen) atoms. The van der Waals surface area contributed by atoms with Crippen molar-refractivity contribution in [1.29, 1.82) is 5.26 Å². The normalized spacial score (nSPS) is 14.8. The zero-order valence-corrected chi connectivity index (χ0v) is 11.6. The maximum Gasteiger partial charge on any atom is 0.163 e. The molecule has 106 valence electrons. The van der Waals surface area contributed by atoms with Gasteiger partial charge in [-0.15, -0.1) is 0 Å². The first-order chi connectivity index (χ1) is 10.3. The van der Waals surface area contributed by atoms with E-state index in [0.717, 1.165) is 37.6 Å². The molecule has 6 nitrogen and oxygen atoms in total. The largest absolute Gasteiger partial charge is 0.396 e. The van der Waals surface area contributed by atoms with Gasteiger partial charge in [-0.05, 0) is 18.2 Å². The van der Waals surface area contributed by atoms with E-state index in [0.29, 0.717) is 11.4 Å². The summed E-state index contributed by atoms with van der Waals surface area (Å²) in [5, 5.41) is 9.14. The molecule has 0 bridgehead atoms. The molecular formula is C15H16N6. The fourth-order valence-electron chi connectivity index (χ4n) is 2.61. The van der Waals surface area contributed by atoms with Crippen LogP contribution in [0.3, 0.4) is 0 Å². The average molecular weight is 280 g/mol. The highest BCUT2D eigenvalue weighted by Gasteiger charge is 2.20. The van der Waals surface area contributed by atoms with Crippen molar-refractivity contribution < 1.29 is 0 Å². The summed E-state index contributed by atoms with van der Waals surface area (Å²) in [6.07, 6.45) is 5.08. The summed E-state index contributed by atoms with van der Waals surface area (Å²) in [5.41, 5.74) is 9.08. The number of hydrogen-bond acceptors (Lipinski definition) is 6. The Balaban J connectivity index is 1.74. The number of nitrogen functional groups attached to an aromatic ring is 1. The quantitative estimate of drug-likeness (QED) is 0.891. The Hall–Kier alpha value is -2.81. The third kappa shape index (κ3) is 2.58. The highest BCUT2D eigenvalue weighted by Crippen LogP contribution is 2.25. The summed E-state index contributed by atoms with van der Waals surface area (Å²) < 4.78 is 0. The Morgan fingerprint density at radius 3 is 2.43 bits per heavy atom. The molecule has 0 aliphatic carbocycles. The second-order valence-electron chi connectivity index (χ2n) is 4.89. The molecule has 2 aromatic heterocycles. The van der Waals surface area contributed by atoms with E-state index in [1.165, 1.54) is 0 Å². The molecular weight excluding hydrogens is 264 g/mol. The van der Waals surface area contributed by atoms with Crippen molar-refractivity contribution in [3.8, 4) is 6.07 Å². The number of nitrogens with zero attached hydrogens (tertiary/aromatic N) is 5. The second-order valence-corrected chi connectivity index (χ2v) is 4.89. The highest BCUT2D eigenvalue weighted by molar-refractivity contribution is 5.67. The lowest BCUT2D eigenvalue weighted by molar-refractivity contribution is 0.652. The van der Waals surface area contributed by atoms with Gasteiger partial charge < -0.3 is 15.5 Å². The lowest BCUT2D eigenvalue weighted by Crippen LogP contribution is -2.47. The van der Waals surface area contributed by atoms with Crippen LogP contribution in [0.5, 0.6) is 0 Å². The van der Waals surface area contributed by atoms with E-state index < -0.39 is 0 Å². The summed E-state index contributed by atoms with van der Waals surface area (Å²) in [5.74, 6) is 0. The molecule has 0 spiro atoms. The lowest BCUT2D eigenvalue weighted by Gasteiger charge is -2.37. The molecule has 1 saturated heterocycles. The van der Waals surface area contributed by atoms with Crippen LogP contribution in [0, 0.1) is 11.3 Å². The zero-order valence-electron chi connectivity index (χ0n) is 11.6.